The van der Waals surface area contributed by atoms with Crippen molar-refractivity contribution in [1.82, 2.24) is 0 Å². The predicted molar refractivity (Wildman–Crippen MR) is 85.6 cm³/mol. The lowest BCUT2D eigenvalue weighted by Crippen LogP contribution is -2.28. The van der Waals surface area contributed by atoms with E-state index in [9.17, 15) is 9.18 Å². The zero-order chi connectivity index (χ0) is 15.6. The number of anilines is 1. The van der Waals surface area contributed by atoms with E-state index in [1.165, 1.54) is 6.07 Å². The monoisotopic (exact) mass is 350 g/mol. The summed E-state index contributed by atoms with van der Waals surface area (Å²) in [6.45, 7) is 3.75. The number of carbonyl (C=O) groups excluding carboxylic acids is 1. The first-order valence-corrected chi connectivity index (χ1v) is 7.26. The molecular formula is C16H16BrFN2O. The summed E-state index contributed by atoms with van der Waals surface area (Å²) in [5.74, 6) is -0.802. The third kappa shape index (κ3) is 3.68. The SMILES string of the molecule is Cc1ccc(C(N)C(=O)Nc2cc(F)c(Br)cc2C)cc1. The maximum Gasteiger partial charge on any atom is 0.245 e. The highest BCUT2D eigenvalue weighted by Gasteiger charge is 2.17. The van der Waals surface area contributed by atoms with E-state index < -0.39 is 11.9 Å². The molecule has 1 unspecified atom stereocenters. The van der Waals surface area contributed by atoms with Crippen LogP contribution in [0.15, 0.2) is 40.9 Å². The van der Waals surface area contributed by atoms with E-state index in [4.69, 9.17) is 5.73 Å². The third-order valence-electron chi connectivity index (χ3n) is 3.24. The van der Waals surface area contributed by atoms with E-state index in [1.54, 1.807) is 13.0 Å². The molecule has 110 valence electrons. The normalized spacial score (nSPS) is 12.0. The molecule has 0 radical (unpaired) electrons. The second-order valence-corrected chi connectivity index (χ2v) is 5.81. The van der Waals surface area contributed by atoms with Gasteiger partial charge in [-0.15, -0.1) is 0 Å². The molecule has 0 saturated carbocycles. The molecule has 0 aliphatic heterocycles. The van der Waals surface area contributed by atoms with Crippen LogP contribution in [0.4, 0.5) is 10.1 Å². The molecule has 5 heteroatoms. The fourth-order valence-corrected chi connectivity index (χ4v) is 2.37. The molecule has 0 aromatic heterocycles. The molecule has 0 heterocycles. The molecule has 3 N–H and O–H groups in total. The lowest BCUT2D eigenvalue weighted by molar-refractivity contribution is -0.117. The van der Waals surface area contributed by atoms with Crippen LogP contribution in [-0.2, 0) is 4.79 Å². The minimum absolute atomic E-state index is 0.362. The summed E-state index contributed by atoms with van der Waals surface area (Å²) >= 11 is 3.11. The van der Waals surface area contributed by atoms with Crippen LogP contribution >= 0.6 is 15.9 Å². The van der Waals surface area contributed by atoms with Crippen molar-refractivity contribution in [2.45, 2.75) is 19.9 Å². The lowest BCUT2D eigenvalue weighted by atomic mass is 10.0. The summed E-state index contributed by atoms with van der Waals surface area (Å²) in [7, 11) is 0. The van der Waals surface area contributed by atoms with Crippen LogP contribution in [0.1, 0.15) is 22.7 Å². The van der Waals surface area contributed by atoms with Crippen molar-refractivity contribution in [2.24, 2.45) is 5.73 Å². The highest BCUT2D eigenvalue weighted by molar-refractivity contribution is 9.10. The van der Waals surface area contributed by atoms with Crippen molar-refractivity contribution in [1.29, 1.82) is 0 Å². The molecule has 0 spiro atoms. The van der Waals surface area contributed by atoms with Gasteiger partial charge in [-0.1, -0.05) is 29.8 Å². The van der Waals surface area contributed by atoms with E-state index in [1.807, 2.05) is 31.2 Å². The van der Waals surface area contributed by atoms with Gasteiger partial charge < -0.3 is 11.1 Å². The lowest BCUT2D eigenvalue weighted by Gasteiger charge is -2.15. The Morgan fingerprint density at radius 3 is 2.48 bits per heavy atom. The van der Waals surface area contributed by atoms with Crippen LogP contribution in [0.3, 0.4) is 0 Å². The molecule has 2 aromatic carbocycles. The van der Waals surface area contributed by atoms with Gasteiger partial charge in [0.2, 0.25) is 5.91 Å². The maximum atomic E-state index is 13.5. The minimum atomic E-state index is -0.795. The molecule has 2 rings (SSSR count). The van der Waals surface area contributed by atoms with Crippen molar-refractivity contribution < 1.29 is 9.18 Å². The molecule has 1 atom stereocenters. The molecule has 0 aliphatic carbocycles. The Kier molecular flexibility index (Phi) is 4.75. The maximum absolute atomic E-state index is 13.5. The second kappa shape index (κ2) is 6.37. The quantitative estimate of drug-likeness (QED) is 0.883. The van der Waals surface area contributed by atoms with Crippen molar-refractivity contribution >= 4 is 27.5 Å². The smallest absolute Gasteiger partial charge is 0.245 e. The van der Waals surface area contributed by atoms with Crippen LogP contribution in [0.5, 0.6) is 0 Å². The number of rotatable bonds is 3. The van der Waals surface area contributed by atoms with Gasteiger partial charge in [0, 0.05) is 5.69 Å². The van der Waals surface area contributed by atoms with Gasteiger partial charge in [-0.05, 0) is 53.0 Å². The van der Waals surface area contributed by atoms with Gasteiger partial charge in [0.15, 0.2) is 0 Å². The molecule has 21 heavy (non-hydrogen) atoms. The summed E-state index contributed by atoms with van der Waals surface area (Å²) in [4.78, 5) is 12.2. The zero-order valence-electron chi connectivity index (χ0n) is 11.8. The van der Waals surface area contributed by atoms with Gasteiger partial charge in [-0.2, -0.15) is 0 Å². The van der Waals surface area contributed by atoms with E-state index in [-0.39, 0.29) is 5.91 Å². The number of hydrogen-bond donors (Lipinski definition) is 2. The van der Waals surface area contributed by atoms with Crippen molar-refractivity contribution in [2.75, 3.05) is 5.32 Å². The van der Waals surface area contributed by atoms with Crippen LogP contribution < -0.4 is 11.1 Å². The van der Waals surface area contributed by atoms with Gasteiger partial charge in [0.1, 0.15) is 11.9 Å². The highest BCUT2D eigenvalue weighted by atomic mass is 79.9. The molecule has 2 aromatic rings. The first kappa shape index (κ1) is 15.7. The number of aryl methyl sites for hydroxylation is 2. The van der Waals surface area contributed by atoms with Crippen LogP contribution in [-0.4, -0.2) is 5.91 Å². The molecule has 3 nitrogen and oxygen atoms in total. The standard InChI is InChI=1S/C16H16BrFN2O/c1-9-3-5-11(6-4-9)15(19)16(21)20-14-8-13(18)12(17)7-10(14)2/h3-8,15H,19H2,1-2H3,(H,20,21). The van der Waals surface area contributed by atoms with E-state index >= 15 is 0 Å². The molecule has 0 saturated heterocycles. The molecule has 0 bridgehead atoms. The van der Waals surface area contributed by atoms with Gasteiger partial charge in [0.05, 0.1) is 4.47 Å². The number of amides is 1. The van der Waals surface area contributed by atoms with Crippen LogP contribution in [0.25, 0.3) is 0 Å². The van der Waals surface area contributed by atoms with Gasteiger partial charge >= 0.3 is 0 Å². The van der Waals surface area contributed by atoms with E-state index in [0.717, 1.165) is 11.1 Å². The number of carbonyl (C=O) groups is 1. The Hall–Kier alpha value is -1.72. The topological polar surface area (TPSA) is 55.1 Å². The summed E-state index contributed by atoms with van der Waals surface area (Å²) in [5, 5.41) is 2.67. The van der Waals surface area contributed by atoms with Crippen molar-refractivity contribution in [3.8, 4) is 0 Å². The molecule has 0 fully saturated rings. The minimum Gasteiger partial charge on any atom is -0.324 e. The number of hydrogen-bond acceptors (Lipinski definition) is 2. The van der Waals surface area contributed by atoms with Crippen LogP contribution in [0.2, 0.25) is 0 Å². The highest BCUT2D eigenvalue weighted by Crippen LogP contribution is 2.24. The predicted octanol–water partition coefficient (Wildman–Crippen LogP) is 3.84. The van der Waals surface area contributed by atoms with Gasteiger partial charge in [-0.25, -0.2) is 4.39 Å². The van der Waals surface area contributed by atoms with Gasteiger partial charge in [0.25, 0.3) is 0 Å². The Bertz CT molecular complexity index is 671. The first-order valence-electron chi connectivity index (χ1n) is 6.47. The van der Waals surface area contributed by atoms with Crippen molar-refractivity contribution in [3.05, 3.63) is 63.4 Å². The second-order valence-electron chi connectivity index (χ2n) is 4.96. The summed E-state index contributed by atoms with van der Waals surface area (Å²) in [6.07, 6.45) is 0. The number of nitrogens with two attached hydrogens (primary N) is 1. The van der Waals surface area contributed by atoms with Crippen LogP contribution in [0, 0.1) is 19.7 Å². The zero-order valence-corrected chi connectivity index (χ0v) is 13.4. The fourth-order valence-electron chi connectivity index (χ4n) is 1.92. The Balaban J connectivity index is 2.18. The molecule has 1 amide bonds. The summed E-state index contributed by atoms with van der Waals surface area (Å²) in [5.41, 5.74) is 8.93. The first-order chi connectivity index (χ1) is 9.88. The number of halogens is 2. The summed E-state index contributed by atoms with van der Waals surface area (Å²) in [6, 6.07) is 9.52. The largest absolute Gasteiger partial charge is 0.324 e. The van der Waals surface area contributed by atoms with E-state index in [2.05, 4.69) is 21.2 Å². The third-order valence-corrected chi connectivity index (χ3v) is 3.85. The Labute approximate surface area is 131 Å². The Morgan fingerprint density at radius 1 is 1.24 bits per heavy atom. The average Bonchev–Trinajstić information content (AvgIpc) is 2.44. The van der Waals surface area contributed by atoms with Gasteiger partial charge in [-0.3, -0.25) is 4.79 Å². The fraction of sp³-hybridized carbons (Fsp3) is 0.188. The number of benzene rings is 2. The average molecular weight is 351 g/mol. The number of nitrogens with one attached hydrogen (secondary N) is 1. The molecule has 0 aliphatic rings. The molecular weight excluding hydrogens is 335 g/mol. The summed E-state index contributed by atoms with van der Waals surface area (Å²) < 4.78 is 13.9. The van der Waals surface area contributed by atoms with Crippen molar-refractivity contribution in [3.63, 3.8) is 0 Å². The Morgan fingerprint density at radius 2 is 1.86 bits per heavy atom. The van der Waals surface area contributed by atoms with E-state index in [0.29, 0.717) is 15.7 Å².